The molecule has 2 heterocycles. The van der Waals surface area contributed by atoms with Gasteiger partial charge in [0.15, 0.2) is 0 Å². The Hall–Kier alpha value is -2.63. The molecule has 0 unspecified atom stereocenters. The maximum Gasteiger partial charge on any atom is 0.135 e. The lowest BCUT2D eigenvalue weighted by atomic mass is 9.94. The van der Waals surface area contributed by atoms with Gasteiger partial charge in [0.1, 0.15) is 17.7 Å². The maximum absolute atomic E-state index is 10.3. The van der Waals surface area contributed by atoms with E-state index in [0.29, 0.717) is 6.42 Å². The fourth-order valence-electron chi connectivity index (χ4n) is 3.16. The highest BCUT2D eigenvalue weighted by atomic mass is 32.1. The molecule has 0 spiro atoms. The third-order valence-corrected chi connectivity index (χ3v) is 5.31. The van der Waals surface area contributed by atoms with E-state index >= 15 is 0 Å². The third kappa shape index (κ3) is 3.16. The zero-order chi connectivity index (χ0) is 17.2. The van der Waals surface area contributed by atoms with Crippen molar-refractivity contribution in [2.75, 3.05) is 0 Å². The minimum Gasteiger partial charge on any atom is -0.508 e. The number of aromatic hydroxyl groups is 2. The van der Waals surface area contributed by atoms with Gasteiger partial charge < -0.3 is 10.2 Å². The standard InChI is InChI=1S/C20H18N2O2S/c23-17-8-3-1-6-13(17)15-12-16(14-7-2-4-9-18(14)24)22-20(21-15)19-10-5-11-25-19/h1-11,15,20-21,23-24H,12H2/t15-,20-/m1/s1. The van der Waals surface area contributed by atoms with Crippen LogP contribution in [0.4, 0.5) is 0 Å². The highest BCUT2D eigenvalue weighted by molar-refractivity contribution is 7.10. The molecule has 0 aliphatic carbocycles. The Bertz CT molecular complexity index is 906. The van der Waals surface area contributed by atoms with Crippen LogP contribution in [0.3, 0.4) is 0 Å². The van der Waals surface area contributed by atoms with Gasteiger partial charge in [0, 0.05) is 28.5 Å². The Morgan fingerprint density at radius 2 is 1.68 bits per heavy atom. The van der Waals surface area contributed by atoms with Crippen LogP contribution in [0.2, 0.25) is 0 Å². The smallest absolute Gasteiger partial charge is 0.135 e. The minimum atomic E-state index is -0.201. The van der Waals surface area contributed by atoms with Gasteiger partial charge in [0.25, 0.3) is 0 Å². The highest BCUT2D eigenvalue weighted by Crippen LogP contribution is 2.36. The Balaban J connectivity index is 1.77. The van der Waals surface area contributed by atoms with E-state index < -0.39 is 0 Å². The van der Waals surface area contributed by atoms with Crippen molar-refractivity contribution in [3.8, 4) is 11.5 Å². The summed E-state index contributed by atoms with van der Waals surface area (Å²) >= 11 is 1.64. The minimum absolute atomic E-state index is 0.0830. The molecule has 4 rings (SSSR count). The molecule has 0 saturated heterocycles. The number of nitrogens with one attached hydrogen (secondary N) is 1. The molecule has 0 bridgehead atoms. The molecule has 2 aromatic carbocycles. The molecule has 1 aromatic heterocycles. The maximum atomic E-state index is 10.3. The van der Waals surface area contributed by atoms with Gasteiger partial charge in [-0.3, -0.25) is 10.3 Å². The summed E-state index contributed by atoms with van der Waals surface area (Å²) in [4.78, 5) is 5.94. The first-order chi connectivity index (χ1) is 12.2. The van der Waals surface area contributed by atoms with Gasteiger partial charge in [0.2, 0.25) is 0 Å². The second-order valence-electron chi connectivity index (χ2n) is 5.99. The summed E-state index contributed by atoms with van der Waals surface area (Å²) in [6.07, 6.45) is 0.393. The lowest BCUT2D eigenvalue weighted by Gasteiger charge is -2.30. The van der Waals surface area contributed by atoms with Crippen molar-refractivity contribution in [3.05, 3.63) is 82.0 Å². The van der Waals surface area contributed by atoms with Gasteiger partial charge in [0.05, 0.1) is 5.71 Å². The van der Waals surface area contributed by atoms with Crippen molar-refractivity contribution in [1.82, 2.24) is 5.32 Å². The number of aliphatic imine (C=N–C) groups is 1. The van der Waals surface area contributed by atoms with Crippen molar-refractivity contribution in [3.63, 3.8) is 0 Å². The molecule has 2 atom stereocenters. The number of hydrogen-bond donors (Lipinski definition) is 3. The van der Waals surface area contributed by atoms with E-state index in [9.17, 15) is 10.2 Å². The number of hydrogen-bond acceptors (Lipinski definition) is 5. The summed E-state index contributed by atoms with van der Waals surface area (Å²) in [5.41, 5.74) is 2.42. The lowest BCUT2D eigenvalue weighted by molar-refractivity contribution is 0.414. The highest BCUT2D eigenvalue weighted by Gasteiger charge is 2.28. The fraction of sp³-hybridized carbons (Fsp3) is 0.150. The molecule has 3 aromatic rings. The summed E-state index contributed by atoms with van der Waals surface area (Å²) in [6, 6.07) is 18.6. The molecule has 5 heteroatoms. The van der Waals surface area contributed by atoms with Gasteiger partial charge in [-0.25, -0.2) is 0 Å². The van der Waals surface area contributed by atoms with Crippen LogP contribution in [0.15, 0.2) is 71.0 Å². The Kier molecular flexibility index (Phi) is 4.26. The van der Waals surface area contributed by atoms with Crippen molar-refractivity contribution in [2.45, 2.75) is 18.6 Å². The predicted molar refractivity (Wildman–Crippen MR) is 100 cm³/mol. The Morgan fingerprint density at radius 1 is 0.920 bits per heavy atom. The largest absolute Gasteiger partial charge is 0.508 e. The zero-order valence-corrected chi connectivity index (χ0v) is 14.3. The first kappa shape index (κ1) is 15.9. The fourth-order valence-corrected chi connectivity index (χ4v) is 3.88. The van der Waals surface area contributed by atoms with Crippen LogP contribution in [0.5, 0.6) is 11.5 Å². The van der Waals surface area contributed by atoms with Crippen LogP contribution in [-0.2, 0) is 0 Å². The third-order valence-electron chi connectivity index (χ3n) is 4.38. The summed E-state index contributed by atoms with van der Waals surface area (Å²) in [6.45, 7) is 0. The van der Waals surface area contributed by atoms with Gasteiger partial charge >= 0.3 is 0 Å². The second kappa shape index (κ2) is 6.70. The topological polar surface area (TPSA) is 64.9 Å². The van der Waals surface area contributed by atoms with E-state index in [4.69, 9.17) is 4.99 Å². The number of para-hydroxylation sites is 2. The van der Waals surface area contributed by atoms with Crippen LogP contribution >= 0.6 is 11.3 Å². The summed E-state index contributed by atoms with van der Waals surface area (Å²) < 4.78 is 0. The SMILES string of the molecule is Oc1ccccc1C1=N[C@H](c2cccs2)N[C@@H](c2ccccc2O)C1. The Morgan fingerprint density at radius 3 is 2.40 bits per heavy atom. The first-order valence-corrected chi connectivity index (χ1v) is 9.03. The molecule has 0 fully saturated rings. The van der Waals surface area contributed by atoms with E-state index in [0.717, 1.165) is 21.7 Å². The molecule has 0 radical (unpaired) electrons. The molecule has 25 heavy (non-hydrogen) atoms. The molecule has 0 saturated carbocycles. The molecule has 1 aliphatic rings. The van der Waals surface area contributed by atoms with Gasteiger partial charge in [-0.2, -0.15) is 0 Å². The van der Waals surface area contributed by atoms with Gasteiger partial charge in [-0.15, -0.1) is 11.3 Å². The van der Waals surface area contributed by atoms with Crippen LogP contribution in [0.1, 0.15) is 34.6 Å². The van der Waals surface area contributed by atoms with E-state index in [1.54, 1.807) is 29.5 Å². The predicted octanol–water partition coefficient (Wildman–Crippen LogP) is 4.38. The van der Waals surface area contributed by atoms with Crippen LogP contribution < -0.4 is 5.32 Å². The summed E-state index contributed by atoms with van der Waals surface area (Å²) in [7, 11) is 0. The second-order valence-corrected chi connectivity index (χ2v) is 6.97. The zero-order valence-electron chi connectivity index (χ0n) is 13.5. The lowest BCUT2D eigenvalue weighted by Crippen LogP contribution is -2.32. The quantitative estimate of drug-likeness (QED) is 0.657. The van der Waals surface area contributed by atoms with E-state index in [1.807, 2.05) is 47.8 Å². The van der Waals surface area contributed by atoms with Crippen molar-refractivity contribution in [1.29, 1.82) is 0 Å². The molecular weight excluding hydrogens is 332 g/mol. The normalized spacial score (nSPS) is 20.2. The average Bonchev–Trinajstić information content (AvgIpc) is 3.17. The number of benzene rings is 2. The van der Waals surface area contributed by atoms with Crippen LogP contribution in [0.25, 0.3) is 0 Å². The average molecular weight is 350 g/mol. The van der Waals surface area contributed by atoms with E-state index in [-0.39, 0.29) is 23.7 Å². The number of phenols is 2. The number of nitrogens with zero attached hydrogens (tertiary/aromatic N) is 1. The van der Waals surface area contributed by atoms with Gasteiger partial charge in [-0.1, -0.05) is 36.4 Å². The first-order valence-electron chi connectivity index (χ1n) is 8.15. The number of phenolic OH excluding ortho intramolecular Hbond substituents is 2. The molecule has 1 aliphatic heterocycles. The van der Waals surface area contributed by atoms with Crippen LogP contribution in [-0.4, -0.2) is 15.9 Å². The van der Waals surface area contributed by atoms with Crippen molar-refractivity contribution < 1.29 is 10.2 Å². The van der Waals surface area contributed by atoms with E-state index in [2.05, 4.69) is 5.32 Å². The van der Waals surface area contributed by atoms with Gasteiger partial charge in [-0.05, 0) is 29.6 Å². The summed E-state index contributed by atoms with van der Waals surface area (Å²) in [5.74, 6) is 0.493. The molecule has 4 nitrogen and oxygen atoms in total. The number of thiophene rings is 1. The molecular formula is C20H18N2O2S. The van der Waals surface area contributed by atoms with E-state index in [1.165, 1.54) is 0 Å². The molecule has 0 amide bonds. The molecule has 126 valence electrons. The van der Waals surface area contributed by atoms with Crippen molar-refractivity contribution in [2.24, 2.45) is 4.99 Å². The monoisotopic (exact) mass is 350 g/mol. The Labute approximate surface area is 150 Å². The summed E-state index contributed by atoms with van der Waals surface area (Å²) in [5, 5.41) is 26.0. The number of rotatable bonds is 3. The van der Waals surface area contributed by atoms with Crippen molar-refractivity contribution >= 4 is 17.0 Å². The molecule has 3 N–H and O–H groups in total. The van der Waals surface area contributed by atoms with Crippen LogP contribution in [0, 0.1) is 0 Å².